The molecule has 2 heterocycles. The van der Waals surface area contributed by atoms with Gasteiger partial charge in [0.2, 0.25) is 0 Å². The molecule has 17 heavy (non-hydrogen) atoms. The first-order valence-corrected chi connectivity index (χ1v) is 6.01. The Kier molecular flexibility index (Phi) is 3.25. The van der Waals surface area contributed by atoms with Crippen molar-refractivity contribution in [1.29, 1.82) is 0 Å². The van der Waals surface area contributed by atoms with Gasteiger partial charge in [0.1, 0.15) is 11.4 Å². The van der Waals surface area contributed by atoms with Crippen LogP contribution < -0.4 is 11.3 Å². The lowest BCUT2D eigenvalue weighted by Gasteiger charge is -2.05. The van der Waals surface area contributed by atoms with Gasteiger partial charge in [-0.25, -0.2) is 4.79 Å². The third-order valence-corrected chi connectivity index (χ3v) is 3.32. The summed E-state index contributed by atoms with van der Waals surface area (Å²) in [7, 11) is 0. The quantitative estimate of drug-likeness (QED) is 0.821. The van der Waals surface area contributed by atoms with Gasteiger partial charge >= 0.3 is 6.09 Å². The average molecular weight is 271 g/mol. The van der Waals surface area contributed by atoms with Gasteiger partial charge in [0, 0.05) is 0 Å². The molecular weight excluding hydrogens is 262 g/mol. The molecule has 0 saturated heterocycles. The van der Waals surface area contributed by atoms with E-state index in [4.69, 9.17) is 18.0 Å². The number of carbonyl (C=O) groups is 1. The van der Waals surface area contributed by atoms with E-state index >= 15 is 0 Å². The zero-order valence-electron chi connectivity index (χ0n) is 8.63. The van der Waals surface area contributed by atoms with Crippen LogP contribution in [0.5, 0.6) is 0 Å². The highest BCUT2D eigenvalue weighted by molar-refractivity contribution is 7.71. The number of aromatic nitrogens is 2. The predicted octanol–water partition coefficient (Wildman–Crippen LogP) is 1.22. The van der Waals surface area contributed by atoms with Crippen LogP contribution in [-0.2, 0) is 11.3 Å². The molecule has 8 heteroatoms. The first kappa shape index (κ1) is 11.8. The Hall–Kier alpha value is -1.67. The Morgan fingerprint density at radius 3 is 3.12 bits per heavy atom. The van der Waals surface area contributed by atoms with Crippen molar-refractivity contribution in [2.45, 2.75) is 6.54 Å². The van der Waals surface area contributed by atoms with Gasteiger partial charge in [-0.3, -0.25) is 9.36 Å². The molecular formula is C9H9N3O3S2. The summed E-state index contributed by atoms with van der Waals surface area (Å²) in [5.74, 6) is 0. The van der Waals surface area contributed by atoms with Crippen molar-refractivity contribution in [2.24, 2.45) is 5.73 Å². The summed E-state index contributed by atoms with van der Waals surface area (Å²) in [4.78, 5) is 26.1. The van der Waals surface area contributed by atoms with Gasteiger partial charge in [-0.05, 0) is 23.7 Å². The standard InChI is InChI=1S/C9H9N3O3S2/c10-8(14)15-3-2-12-7(13)5-1-4-17-6(5)11-9(12)16/h1,4H,2-3H2,(H2,10,14)(H,11,16). The molecule has 0 atom stereocenters. The van der Waals surface area contributed by atoms with E-state index in [9.17, 15) is 9.59 Å². The van der Waals surface area contributed by atoms with Crippen molar-refractivity contribution in [3.63, 3.8) is 0 Å². The number of carbonyl (C=O) groups excluding carboxylic acids is 1. The summed E-state index contributed by atoms with van der Waals surface area (Å²) >= 11 is 6.47. The number of ether oxygens (including phenoxy) is 1. The van der Waals surface area contributed by atoms with Gasteiger partial charge in [0.25, 0.3) is 5.56 Å². The summed E-state index contributed by atoms with van der Waals surface area (Å²) < 4.78 is 6.22. The van der Waals surface area contributed by atoms with Crippen molar-refractivity contribution in [2.75, 3.05) is 6.61 Å². The monoisotopic (exact) mass is 271 g/mol. The molecule has 1 amide bonds. The van der Waals surface area contributed by atoms with Gasteiger partial charge in [-0.2, -0.15) is 0 Å². The smallest absolute Gasteiger partial charge is 0.404 e. The molecule has 2 rings (SSSR count). The average Bonchev–Trinajstić information content (AvgIpc) is 2.70. The topological polar surface area (TPSA) is 90.1 Å². The number of fused-ring (bicyclic) bond motifs is 1. The molecule has 2 aromatic heterocycles. The number of primary amides is 1. The van der Waals surface area contributed by atoms with Crippen LogP contribution in [0.4, 0.5) is 4.79 Å². The minimum Gasteiger partial charge on any atom is -0.448 e. The van der Waals surface area contributed by atoms with Crippen molar-refractivity contribution < 1.29 is 9.53 Å². The molecule has 0 aromatic carbocycles. The highest BCUT2D eigenvalue weighted by Gasteiger charge is 2.06. The van der Waals surface area contributed by atoms with Crippen LogP contribution in [-0.4, -0.2) is 22.3 Å². The molecule has 90 valence electrons. The fourth-order valence-corrected chi connectivity index (χ4v) is 2.54. The molecule has 0 radical (unpaired) electrons. The Bertz CT molecular complexity index is 670. The summed E-state index contributed by atoms with van der Waals surface area (Å²) in [6, 6.07) is 1.72. The number of thiophene rings is 1. The highest BCUT2D eigenvalue weighted by atomic mass is 32.1. The Morgan fingerprint density at radius 2 is 2.41 bits per heavy atom. The normalized spacial score (nSPS) is 10.6. The van der Waals surface area contributed by atoms with Crippen molar-refractivity contribution in [3.05, 3.63) is 26.6 Å². The minimum atomic E-state index is -0.871. The maximum absolute atomic E-state index is 12.0. The molecule has 0 saturated carbocycles. The number of hydrogen-bond donors (Lipinski definition) is 2. The number of nitrogens with zero attached hydrogens (tertiary/aromatic N) is 1. The third kappa shape index (κ3) is 2.37. The van der Waals surface area contributed by atoms with E-state index in [1.54, 1.807) is 6.07 Å². The lowest BCUT2D eigenvalue weighted by molar-refractivity contribution is 0.151. The van der Waals surface area contributed by atoms with E-state index in [2.05, 4.69) is 9.72 Å². The zero-order valence-corrected chi connectivity index (χ0v) is 10.3. The van der Waals surface area contributed by atoms with E-state index in [1.807, 2.05) is 5.38 Å². The summed E-state index contributed by atoms with van der Waals surface area (Å²) in [5, 5.41) is 2.38. The third-order valence-electron chi connectivity index (χ3n) is 2.17. The van der Waals surface area contributed by atoms with Crippen LogP contribution in [0, 0.1) is 4.77 Å². The number of H-pyrrole nitrogens is 1. The number of rotatable bonds is 3. The molecule has 0 aliphatic heterocycles. The van der Waals surface area contributed by atoms with E-state index in [0.717, 1.165) is 4.83 Å². The fraction of sp³-hybridized carbons (Fsp3) is 0.222. The largest absolute Gasteiger partial charge is 0.448 e. The van der Waals surface area contributed by atoms with Gasteiger partial charge in [0.15, 0.2) is 4.77 Å². The van der Waals surface area contributed by atoms with Gasteiger partial charge in [-0.15, -0.1) is 11.3 Å². The van der Waals surface area contributed by atoms with Gasteiger partial charge in [-0.1, -0.05) is 0 Å². The van der Waals surface area contributed by atoms with Crippen molar-refractivity contribution in [1.82, 2.24) is 9.55 Å². The second-order valence-corrected chi connectivity index (χ2v) is 4.52. The number of nitrogens with one attached hydrogen (secondary N) is 1. The molecule has 0 bridgehead atoms. The number of nitrogens with two attached hydrogens (primary N) is 1. The van der Waals surface area contributed by atoms with Crippen LogP contribution in [0.2, 0.25) is 0 Å². The van der Waals surface area contributed by atoms with Crippen molar-refractivity contribution in [3.8, 4) is 0 Å². The summed E-state index contributed by atoms with van der Waals surface area (Å²) in [6.07, 6.45) is -0.871. The molecule has 0 unspecified atom stereocenters. The highest BCUT2D eigenvalue weighted by Crippen LogP contribution is 2.13. The zero-order chi connectivity index (χ0) is 12.4. The molecule has 0 aliphatic rings. The molecule has 3 N–H and O–H groups in total. The van der Waals surface area contributed by atoms with E-state index in [-0.39, 0.29) is 18.7 Å². The number of amides is 1. The summed E-state index contributed by atoms with van der Waals surface area (Å²) in [5.41, 5.74) is 4.63. The Balaban J connectivity index is 2.36. The van der Waals surface area contributed by atoms with Crippen LogP contribution in [0.1, 0.15) is 0 Å². The molecule has 0 fully saturated rings. The van der Waals surface area contributed by atoms with Crippen LogP contribution in [0.3, 0.4) is 0 Å². The lowest BCUT2D eigenvalue weighted by Crippen LogP contribution is -2.25. The summed E-state index contributed by atoms with van der Waals surface area (Å²) in [6.45, 7) is 0.200. The van der Waals surface area contributed by atoms with Gasteiger partial charge in [0.05, 0.1) is 11.9 Å². The molecule has 2 aromatic rings. The fourth-order valence-electron chi connectivity index (χ4n) is 1.42. The number of hydrogen-bond acceptors (Lipinski definition) is 5. The first-order chi connectivity index (χ1) is 8.09. The molecule has 0 aliphatic carbocycles. The van der Waals surface area contributed by atoms with E-state index in [0.29, 0.717) is 10.2 Å². The predicted molar refractivity (Wildman–Crippen MR) is 66.8 cm³/mol. The second kappa shape index (κ2) is 4.68. The molecule has 6 nitrogen and oxygen atoms in total. The Morgan fingerprint density at radius 1 is 1.65 bits per heavy atom. The molecule has 0 spiro atoms. The van der Waals surface area contributed by atoms with Crippen LogP contribution >= 0.6 is 23.6 Å². The van der Waals surface area contributed by atoms with Crippen LogP contribution in [0.25, 0.3) is 10.2 Å². The number of aromatic amines is 1. The maximum atomic E-state index is 12.0. The second-order valence-electron chi connectivity index (χ2n) is 3.22. The lowest BCUT2D eigenvalue weighted by atomic mass is 10.4. The first-order valence-electron chi connectivity index (χ1n) is 4.72. The van der Waals surface area contributed by atoms with Crippen molar-refractivity contribution >= 4 is 39.9 Å². The van der Waals surface area contributed by atoms with Gasteiger partial charge < -0.3 is 15.5 Å². The van der Waals surface area contributed by atoms with E-state index in [1.165, 1.54) is 15.9 Å². The Labute approximate surface area is 105 Å². The SMILES string of the molecule is NC(=O)OCCn1c(=S)[nH]c2sccc2c1=O. The maximum Gasteiger partial charge on any atom is 0.404 e. The van der Waals surface area contributed by atoms with E-state index < -0.39 is 6.09 Å². The minimum absolute atomic E-state index is 0.0162. The van der Waals surface area contributed by atoms with Crippen LogP contribution in [0.15, 0.2) is 16.2 Å².